The van der Waals surface area contributed by atoms with Gasteiger partial charge in [-0.15, -0.1) is 23.1 Å². The zero-order chi connectivity index (χ0) is 28.2. The zero-order valence-corrected chi connectivity index (χ0v) is 24.9. The molecule has 2 heterocycles. The highest BCUT2D eigenvalue weighted by Gasteiger charge is 2.28. The summed E-state index contributed by atoms with van der Waals surface area (Å²) in [7, 11) is 0. The molecular weight excluding hydrogens is 589 g/mol. The molecule has 7 nitrogen and oxygen atoms in total. The van der Waals surface area contributed by atoms with Crippen LogP contribution in [0.5, 0.6) is 0 Å². The number of hydrogen-bond donors (Lipinski definition) is 2. The highest BCUT2D eigenvalue weighted by molar-refractivity contribution is 8.00. The Bertz CT molecular complexity index is 1600. The van der Waals surface area contributed by atoms with Gasteiger partial charge in [-0.3, -0.25) is 9.59 Å². The molecule has 5 rings (SSSR count). The summed E-state index contributed by atoms with van der Waals surface area (Å²) in [6.45, 7) is 2.99. The number of esters is 1. The van der Waals surface area contributed by atoms with Gasteiger partial charge in [0.1, 0.15) is 5.00 Å². The summed E-state index contributed by atoms with van der Waals surface area (Å²) < 4.78 is 7.32. The number of nitrogens with zero attached hydrogens (tertiary/aromatic N) is 1. The van der Waals surface area contributed by atoms with Gasteiger partial charge in [-0.2, -0.15) is 0 Å². The van der Waals surface area contributed by atoms with E-state index in [0.29, 0.717) is 39.3 Å². The van der Waals surface area contributed by atoms with Crippen molar-refractivity contribution in [3.8, 4) is 0 Å². The second kappa shape index (κ2) is 12.7. The molecule has 0 saturated carbocycles. The maximum absolute atomic E-state index is 13.0. The number of para-hydroxylation sites is 1. The Kier molecular flexibility index (Phi) is 9.05. The highest BCUT2D eigenvalue weighted by atomic mass is 35.5. The Morgan fingerprint density at radius 3 is 2.75 bits per heavy atom. The van der Waals surface area contributed by atoms with Crippen molar-refractivity contribution in [3.05, 3.63) is 80.3 Å². The Morgan fingerprint density at radius 1 is 1.12 bits per heavy atom. The summed E-state index contributed by atoms with van der Waals surface area (Å²) >= 11 is 15.0. The number of rotatable bonds is 10. The van der Waals surface area contributed by atoms with Gasteiger partial charge in [0.25, 0.3) is 5.91 Å². The number of fused-ring (bicyclic) bond motifs is 2. The van der Waals surface area contributed by atoms with Crippen LogP contribution in [-0.4, -0.2) is 41.3 Å². The van der Waals surface area contributed by atoms with Crippen molar-refractivity contribution in [1.29, 1.82) is 0 Å². The smallest absolute Gasteiger partial charge is 0.341 e. The third-order valence-electron chi connectivity index (χ3n) is 6.58. The van der Waals surface area contributed by atoms with Crippen LogP contribution >= 0.6 is 46.3 Å². The summed E-state index contributed by atoms with van der Waals surface area (Å²) in [6.07, 6.45) is 4.76. The van der Waals surface area contributed by atoms with Gasteiger partial charge < -0.3 is 19.9 Å². The fourth-order valence-corrected chi connectivity index (χ4v) is 7.47. The van der Waals surface area contributed by atoms with E-state index in [0.717, 1.165) is 45.5 Å². The van der Waals surface area contributed by atoms with Crippen molar-refractivity contribution in [2.75, 3.05) is 24.2 Å². The summed E-state index contributed by atoms with van der Waals surface area (Å²) in [4.78, 5) is 40.3. The number of nitrogens with one attached hydrogen (secondary N) is 2. The van der Waals surface area contributed by atoms with Crippen LogP contribution in [0.1, 0.15) is 44.5 Å². The molecule has 1 aliphatic rings. The van der Waals surface area contributed by atoms with Crippen LogP contribution in [0.3, 0.4) is 0 Å². The van der Waals surface area contributed by atoms with Gasteiger partial charge in [0, 0.05) is 45.0 Å². The number of carbonyl (C=O) groups excluding carboxylic acids is 3. The maximum Gasteiger partial charge on any atom is 0.341 e. The number of amides is 2. The molecule has 0 radical (unpaired) electrons. The number of ether oxygens (including phenoxy) is 1. The SMILES string of the molecule is CCOC(=O)c1c(NC(=O)CSc2cn(CCNC(=O)c3ccc(Cl)cc3Cl)c3ccccc23)sc2c1CCC2. The first kappa shape index (κ1) is 28.5. The van der Waals surface area contributed by atoms with E-state index in [1.807, 2.05) is 30.5 Å². The fraction of sp³-hybridized carbons (Fsp3) is 0.276. The molecule has 40 heavy (non-hydrogen) atoms. The number of aryl methyl sites for hydroxylation is 1. The number of thioether (sulfide) groups is 1. The number of anilines is 1. The lowest BCUT2D eigenvalue weighted by Crippen LogP contribution is -2.27. The van der Waals surface area contributed by atoms with Gasteiger partial charge in [-0.25, -0.2) is 4.79 Å². The lowest BCUT2D eigenvalue weighted by molar-refractivity contribution is -0.113. The van der Waals surface area contributed by atoms with E-state index in [-0.39, 0.29) is 30.1 Å². The van der Waals surface area contributed by atoms with E-state index in [2.05, 4.69) is 15.2 Å². The first-order chi connectivity index (χ1) is 19.4. The molecule has 0 spiro atoms. The van der Waals surface area contributed by atoms with Gasteiger partial charge in [0.15, 0.2) is 0 Å². The minimum Gasteiger partial charge on any atom is -0.462 e. The van der Waals surface area contributed by atoms with Crippen molar-refractivity contribution < 1.29 is 19.1 Å². The Balaban J connectivity index is 1.24. The quantitative estimate of drug-likeness (QED) is 0.151. The van der Waals surface area contributed by atoms with Crippen LogP contribution in [0.4, 0.5) is 5.00 Å². The lowest BCUT2D eigenvalue weighted by atomic mass is 10.1. The summed E-state index contributed by atoms with van der Waals surface area (Å²) in [6, 6.07) is 12.7. The van der Waals surface area contributed by atoms with E-state index in [4.69, 9.17) is 27.9 Å². The molecule has 2 amide bonds. The lowest BCUT2D eigenvalue weighted by Gasteiger charge is -2.09. The van der Waals surface area contributed by atoms with E-state index in [1.165, 1.54) is 23.1 Å². The largest absolute Gasteiger partial charge is 0.462 e. The van der Waals surface area contributed by atoms with Crippen LogP contribution < -0.4 is 10.6 Å². The summed E-state index contributed by atoms with van der Waals surface area (Å²) in [5, 5.41) is 8.23. The molecule has 0 bridgehead atoms. The molecule has 0 unspecified atom stereocenters. The highest BCUT2D eigenvalue weighted by Crippen LogP contribution is 2.40. The molecule has 2 aromatic heterocycles. The molecule has 1 aliphatic carbocycles. The molecule has 2 N–H and O–H groups in total. The Labute approximate surface area is 250 Å². The molecule has 0 fully saturated rings. The topological polar surface area (TPSA) is 89.4 Å². The van der Waals surface area contributed by atoms with Crippen LogP contribution in [-0.2, 0) is 28.9 Å². The normalized spacial score (nSPS) is 12.4. The second-order valence-electron chi connectivity index (χ2n) is 9.20. The fourth-order valence-electron chi connectivity index (χ4n) is 4.79. The third kappa shape index (κ3) is 6.17. The van der Waals surface area contributed by atoms with Crippen LogP contribution in [0.15, 0.2) is 53.6 Å². The monoisotopic (exact) mass is 615 g/mol. The summed E-state index contributed by atoms with van der Waals surface area (Å²) in [5.74, 6) is -0.645. The number of thiophene rings is 1. The average Bonchev–Trinajstić information content (AvgIpc) is 3.61. The molecule has 208 valence electrons. The van der Waals surface area contributed by atoms with Gasteiger partial charge in [-0.05, 0) is 56.0 Å². The number of benzene rings is 2. The first-order valence-electron chi connectivity index (χ1n) is 12.9. The third-order valence-corrected chi connectivity index (χ3v) is 9.38. The van der Waals surface area contributed by atoms with Gasteiger partial charge in [0.05, 0.1) is 28.5 Å². The molecule has 0 saturated heterocycles. The van der Waals surface area contributed by atoms with Crippen molar-refractivity contribution in [2.24, 2.45) is 0 Å². The van der Waals surface area contributed by atoms with Crippen molar-refractivity contribution in [3.63, 3.8) is 0 Å². The van der Waals surface area contributed by atoms with Crippen LogP contribution in [0.25, 0.3) is 10.9 Å². The number of aromatic nitrogens is 1. The van der Waals surface area contributed by atoms with E-state index >= 15 is 0 Å². The predicted molar refractivity (Wildman–Crippen MR) is 162 cm³/mol. The van der Waals surface area contributed by atoms with Gasteiger partial charge in [-0.1, -0.05) is 41.4 Å². The van der Waals surface area contributed by atoms with E-state index in [1.54, 1.807) is 25.1 Å². The minimum atomic E-state index is -0.377. The number of carbonyl (C=O) groups is 3. The van der Waals surface area contributed by atoms with Gasteiger partial charge in [0.2, 0.25) is 5.91 Å². The molecule has 0 atom stereocenters. The van der Waals surface area contributed by atoms with Crippen LogP contribution in [0, 0.1) is 0 Å². The molecule has 4 aromatic rings. The second-order valence-corrected chi connectivity index (χ2v) is 12.2. The van der Waals surface area contributed by atoms with Crippen molar-refractivity contribution in [2.45, 2.75) is 37.6 Å². The van der Waals surface area contributed by atoms with E-state index < -0.39 is 0 Å². The molecule has 11 heteroatoms. The Morgan fingerprint density at radius 2 is 1.95 bits per heavy atom. The predicted octanol–water partition coefficient (Wildman–Crippen LogP) is 6.84. The first-order valence-corrected chi connectivity index (χ1v) is 15.5. The average molecular weight is 617 g/mol. The summed E-state index contributed by atoms with van der Waals surface area (Å²) in [5.41, 5.74) is 2.90. The zero-order valence-electron chi connectivity index (χ0n) is 21.7. The number of hydrogen-bond acceptors (Lipinski definition) is 6. The van der Waals surface area contributed by atoms with Crippen LogP contribution in [0.2, 0.25) is 10.0 Å². The van der Waals surface area contributed by atoms with E-state index in [9.17, 15) is 14.4 Å². The minimum absolute atomic E-state index is 0.181. The van der Waals surface area contributed by atoms with Crippen molar-refractivity contribution in [1.82, 2.24) is 9.88 Å². The maximum atomic E-state index is 13.0. The van der Waals surface area contributed by atoms with Gasteiger partial charge >= 0.3 is 5.97 Å². The van der Waals surface area contributed by atoms with Crippen molar-refractivity contribution >= 4 is 80.0 Å². The standard InChI is InChI=1S/C29H27Cl2N3O4S2/c1-2-38-29(37)26-20-7-5-9-23(20)40-28(26)33-25(35)16-39-24-15-34(22-8-4-3-6-19(22)24)13-12-32-27(36)18-11-10-17(30)14-21(18)31/h3-4,6,8,10-11,14-15H,2,5,7,9,12-13,16H2,1H3,(H,32,36)(H,33,35). The number of halogens is 2. The molecular formula is C29H27Cl2N3O4S2. The molecule has 2 aromatic carbocycles. The molecule has 0 aliphatic heterocycles. The Hall–Kier alpha value is -2.98.